The summed E-state index contributed by atoms with van der Waals surface area (Å²) in [6.45, 7) is 2.04. The van der Waals surface area contributed by atoms with Crippen molar-refractivity contribution >= 4 is 0 Å². The predicted molar refractivity (Wildman–Crippen MR) is 60.8 cm³/mol. The second-order valence-corrected chi connectivity index (χ2v) is 3.99. The van der Waals surface area contributed by atoms with Crippen molar-refractivity contribution in [3.63, 3.8) is 0 Å². The monoisotopic (exact) mass is 217 g/mol. The predicted octanol–water partition coefficient (Wildman–Crippen LogP) is 1.40. The lowest BCUT2D eigenvalue weighted by molar-refractivity contribution is 0.168. The third-order valence-corrected chi connectivity index (χ3v) is 2.60. The topological polar surface area (TPSA) is 50.9 Å². The van der Waals surface area contributed by atoms with Gasteiger partial charge in [0.25, 0.3) is 0 Å². The molecule has 0 fully saturated rings. The van der Waals surface area contributed by atoms with Crippen LogP contribution in [0.15, 0.2) is 30.5 Å². The molecule has 0 spiro atoms. The third-order valence-electron chi connectivity index (χ3n) is 2.60. The molecule has 0 aliphatic heterocycles. The summed E-state index contributed by atoms with van der Waals surface area (Å²) in [5, 5.41) is 17.6. The summed E-state index contributed by atoms with van der Waals surface area (Å²) in [6, 6.07) is 8.13. The van der Waals surface area contributed by atoms with Crippen molar-refractivity contribution < 1.29 is 5.11 Å². The van der Waals surface area contributed by atoms with E-state index >= 15 is 0 Å². The van der Waals surface area contributed by atoms with Gasteiger partial charge < -0.3 is 5.11 Å². The van der Waals surface area contributed by atoms with Crippen LogP contribution >= 0.6 is 0 Å². The number of rotatable bonds is 3. The first-order valence-electron chi connectivity index (χ1n) is 5.25. The molecule has 0 radical (unpaired) electrons. The lowest BCUT2D eigenvalue weighted by atomic mass is 10.0. The van der Waals surface area contributed by atoms with E-state index in [1.807, 2.05) is 25.1 Å². The number of hydrogen-bond acceptors (Lipinski definition) is 3. The number of aromatic nitrogens is 3. The second kappa shape index (κ2) is 4.45. The fraction of sp³-hybridized carbons (Fsp3) is 0.333. The van der Waals surface area contributed by atoms with Gasteiger partial charge in [0.05, 0.1) is 11.9 Å². The Bertz CT molecular complexity index is 479. The van der Waals surface area contributed by atoms with Crippen LogP contribution in [0.4, 0.5) is 0 Å². The quantitative estimate of drug-likeness (QED) is 0.845. The maximum atomic E-state index is 10.0. The van der Waals surface area contributed by atoms with Gasteiger partial charge in [-0.3, -0.25) is 0 Å². The van der Waals surface area contributed by atoms with Gasteiger partial charge in [-0.1, -0.05) is 35.0 Å². The summed E-state index contributed by atoms with van der Waals surface area (Å²) in [4.78, 5) is 0. The molecule has 0 bridgehead atoms. The van der Waals surface area contributed by atoms with Crippen LogP contribution in [0.25, 0.3) is 0 Å². The van der Waals surface area contributed by atoms with Crippen molar-refractivity contribution in [1.29, 1.82) is 0 Å². The number of aliphatic hydroxyl groups is 1. The molecule has 0 amide bonds. The molecule has 2 rings (SSSR count). The Kier molecular flexibility index (Phi) is 3.01. The fourth-order valence-corrected chi connectivity index (χ4v) is 1.77. The van der Waals surface area contributed by atoms with E-state index in [-0.39, 0.29) is 0 Å². The van der Waals surface area contributed by atoms with Gasteiger partial charge in [-0.15, -0.1) is 5.10 Å². The number of nitrogens with zero attached hydrogens (tertiary/aromatic N) is 3. The number of aliphatic hydroxyl groups excluding tert-OH is 1. The average molecular weight is 217 g/mol. The molecule has 1 unspecified atom stereocenters. The van der Waals surface area contributed by atoms with Gasteiger partial charge in [-0.05, 0) is 12.5 Å². The van der Waals surface area contributed by atoms with Gasteiger partial charge in [0.15, 0.2) is 0 Å². The molecule has 1 aromatic carbocycles. The van der Waals surface area contributed by atoms with E-state index in [0.717, 1.165) is 11.3 Å². The van der Waals surface area contributed by atoms with Gasteiger partial charge in [0.2, 0.25) is 0 Å². The molecule has 4 nitrogen and oxygen atoms in total. The van der Waals surface area contributed by atoms with Crippen LogP contribution in [0.3, 0.4) is 0 Å². The minimum atomic E-state index is -0.554. The Morgan fingerprint density at radius 2 is 2.25 bits per heavy atom. The highest BCUT2D eigenvalue weighted by Gasteiger charge is 2.12. The Balaban J connectivity index is 2.14. The molecule has 1 heterocycles. The van der Waals surface area contributed by atoms with Crippen molar-refractivity contribution in [1.82, 2.24) is 15.0 Å². The lowest BCUT2D eigenvalue weighted by Crippen LogP contribution is -2.07. The van der Waals surface area contributed by atoms with Gasteiger partial charge >= 0.3 is 0 Å². The third kappa shape index (κ3) is 2.28. The fourth-order valence-electron chi connectivity index (χ4n) is 1.77. The average Bonchev–Trinajstić information content (AvgIpc) is 2.64. The van der Waals surface area contributed by atoms with Crippen LogP contribution in [0, 0.1) is 6.92 Å². The zero-order valence-corrected chi connectivity index (χ0v) is 9.46. The number of hydrogen-bond donors (Lipinski definition) is 1. The first-order chi connectivity index (χ1) is 7.66. The van der Waals surface area contributed by atoms with Crippen molar-refractivity contribution in [2.24, 2.45) is 7.05 Å². The summed E-state index contributed by atoms with van der Waals surface area (Å²) >= 11 is 0. The maximum Gasteiger partial charge on any atom is 0.101 e. The van der Waals surface area contributed by atoms with Crippen LogP contribution in [-0.2, 0) is 13.5 Å². The molecule has 4 heteroatoms. The largest absolute Gasteiger partial charge is 0.386 e. The van der Waals surface area contributed by atoms with Gasteiger partial charge in [-0.2, -0.15) is 0 Å². The molecule has 1 aromatic heterocycles. The Labute approximate surface area is 94.5 Å². The molecule has 0 saturated carbocycles. The molecule has 2 aromatic rings. The molecule has 16 heavy (non-hydrogen) atoms. The summed E-state index contributed by atoms with van der Waals surface area (Å²) < 4.78 is 1.60. The standard InChI is InChI=1S/C12H15N3O/c1-9-4-3-5-10(6-9)7-12(16)11-8-13-14-15(11)2/h3-6,8,12,16H,7H2,1-2H3. The van der Waals surface area contributed by atoms with Crippen molar-refractivity contribution in [2.75, 3.05) is 0 Å². The van der Waals surface area contributed by atoms with Crippen LogP contribution in [0.1, 0.15) is 22.9 Å². The summed E-state index contributed by atoms with van der Waals surface area (Å²) in [5.74, 6) is 0. The minimum absolute atomic E-state index is 0.554. The van der Waals surface area contributed by atoms with Crippen molar-refractivity contribution in [3.05, 3.63) is 47.3 Å². The first-order valence-corrected chi connectivity index (χ1v) is 5.25. The summed E-state index contributed by atoms with van der Waals surface area (Å²) in [5.41, 5.74) is 3.06. The van der Waals surface area contributed by atoms with Crippen LogP contribution < -0.4 is 0 Å². The Morgan fingerprint density at radius 3 is 2.88 bits per heavy atom. The molecule has 1 atom stereocenters. The minimum Gasteiger partial charge on any atom is -0.386 e. The molecule has 0 aliphatic rings. The Morgan fingerprint density at radius 1 is 1.44 bits per heavy atom. The van der Waals surface area contributed by atoms with E-state index in [1.54, 1.807) is 17.9 Å². The van der Waals surface area contributed by atoms with Crippen LogP contribution in [0.5, 0.6) is 0 Å². The van der Waals surface area contributed by atoms with E-state index in [4.69, 9.17) is 0 Å². The molecular weight excluding hydrogens is 202 g/mol. The normalized spacial score (nSPS) is 12.7. The van der Waals surface area contributed by atoms with E-state index in [0.29, 0.717) is 6.42 Å². The van der Waals surface area contributed by atoms with E-state index in [2.05, 4.69) is 16.4 Å². The van der Waals surface area contributed by atoms with Crippen LogP contribution in [0.2, 0.25) is 0 Å². The molecule has 0 aliphatic carbocycles. The zero-order valence-electron chi connectivity index (χ0n) is 9.46. The maximum absolute atomic E-state index is 10.0. The SMILES string of the molecule is Cc1cccc(CC(O)c2cnnn2C)c1. The highest BCUT2D eigenvalue weighted by Crippen LogP contribution is 2.17. The smallest absolute Gasteiger partial charge is 0.101 e. The van der Waals surface area contributed by atoms with Gasteiger partial charge in [0, 0.05) is 13.5 Å². The molecule has 1 N–H and O–H groups in total. The van der Waals surface area contributed by atoms with E-state index in [9.17, 15) is 5.11 Å². The summed E-state index contributed by atoms with van der Waals surface area (Å²) in [6.07, 6.45) is 1.63. The van der Waals surface area contributed by atoms with Crippen molar-refractivity contribution in [3.8, 4) is 0 Å². The number of benzene rings is 1. The zero-order chi connectivity index (χ0) is 11.5. The van der Waals surface area contributed by atoms with Gasteiger partial charge in [0.1, 0.15) is 6.10 Å². The lowest BCUT2D eigenvalue weighted by Gasteiger charge is -2.10. The molecule has 0 saturated heterocycles. The highest BCUT2D eigenvalue weighted by atomic mass is 16.3. The van der Waals surface area contributed by atoms with E-state index < -0.39 is 6.10 Å². The van der Waals surface area contributed by atoms with Crippen molar-refractivity contribution in [2.45, 2.75) is 19.4 Å². The Hall–Kier alpha value is -1.68. The summed E-state index contributed by atoms with van der Waals surface area (Å²) in [7, 11) is 1.78. The molecule has 84 valence electrons. The van der Waals surface area contributed by atoms with E-state index in [1.165, 1.54) is 5.56 Å². The second-order valence-electron chi connectivity index (χ2n) is 3.99. The first kappa shape index (κ1) is 10.8. The highest BCUT2D eigenvalue weighted by molar-refractivity contribution is 5.23. The number of aryl methyl sites for hydroxylation is 2. The van der Waals surface area contributed by atoms with Gasteiger partial charge in [-0.25, -0.2) is 4.68 Å². The van der Waals surface area contributed by atoms with Crippen LogP contribution in [-0.4, -0.2) is 20.1 Å². The molecular formula is C12H15N3O.